The Balaban J connectivity index is 1.83. The summed E-state index contributed by atoms with van der Waals surface area (Å²) in [6, 6.07) is 7.19. The van der Waals surface area contributed by atoms with Gasteiger partial charge in [-0.2, -0.15) is 0 Å². The average Bonchev–Trinajstić information content (AvgIpc) is 2.58. The predicted molar refractivity (Wildman–Crippen MR) is 97.4 cm³/mol. The van der Waals surface area contributed by atoms with Gasteiger partial charge in [0.2, 0.25) is 11.9 Å². The molecule has 0 unspecified atom stereocenters. The number of methoxy groups -OCH3 is 2. The third-order valence-corrected chi connectivity index (χ3v) is 3.53. The normalized spacial score (nSPS) is 10.2. The minimum Gasteiger partial charge on any atom is -0.497 e. The lowest BCUT2D eigenvalue weighted by molar-refractivity contribution is -0.116. The molecule has 7 nitrogen and oxygen atoms in total. The molecule has 25 heavy (non-hydrogen) atoms. The van der Waals surface area contributed by atoms with Crippen molar-refractivity contribution in [3.8, 4) is 11.5 Å². The molecule has 0 aliphatic rings. The third kappa shape index (κ3) is 5.63. The van der Waals surface area contributed by atoms with E-state index in [1.54, 1.807) is 32.4 Å². The van der Waals surface area contributed by atoms with Crippen molar-refractivity contribution >= 4 is 17.5 Å². The van der Waals surface area contributed by atoms with Crippen molar-refractivity contribution in [3.05, 3.63) is 35.7 Å². The first kappa shape index (κ1) is 18.5. The number of hydrogen-bond acceptors (Lipinski definition) is 6. The summed E-state index contributed by atoms with van der Waals surface area (Å²) < 4.78 is 10.4. The van der Waals surface area contributed by atoms with Crippen LogP contribution < -0.4 is 20.1 Å². The average molecular weight is 344 g/mol. The molecule has 0 atom stereocenters. The monoisotopic (exact) mass is 344 g/mol. The number of carbonyl (C=O) groups excluding carboxylic acids is 1. The van der Waals surface area contributed by atoms with E-state index in [1.807, 2.05) is 19.9 Å². The second-order valence-corrected chi connectivity index (χ2v) is 5.62. The van der Waals surface area contributed by atoms with Gasteiger partial charge in [0.1, 0.15) is 11.5 Å². The smallest absolute Gasteiger partial charge is 0.224 e. The van der Waals surface area contributed by atoms with E-state index in [0.717, 1.165) is 11.4 Å². The molecule has 2 N–H and O–H groups in total. The molecule has 0 aliphatic heterocycles. The minimum absolute atomic E-state index is 0.0882. The largest absolute Gasteiger partial charge is 0.497 e. The van der Waals surface area contributed by atoms with Crippen LogP contribution in [0.4, 0.5) is 11.6 Å². The van der Waals surface area contributed by atoms with Crippen LogP contribution in [-0.2, 0) is 4.79 Å². The summed E-state index contributed by atoms with van der Waals surface area (Å²) in [6.07, 6.45) is 1.03. The van der Waals surface area contributed by atoms with Gasteiger partial charge in [-0.05, 0) is 38.5 Å². The van der Waals surface area contributed by atoms with Gasteiger partial charge in [-0.3, -0.25) is 4.79 Å². The number of amides is 1. The molecule has 134 valence electrons. The van der Waals surface area contributed by atoms with Gasteiger partial charge in [0.15, 0.2) is 0 Å². The number of aryl methyl sites for hydroxylation is 2. The Kier molecular flexibility index (Phi) is 6.56. The number of anilines is 2. The number of nitrogens with zero attached hydrogens (tertiary/aromatic N) is 2. The third-order valence-electron chi connectivity index (χ3n) is 3.53. The summed E-state index contributed by atoms with van der Waals surface area (Å²) >= 11 is 0. The molecule has 2 aromatic rings. The van der Waals surface area contributed by atoms with E-state index in [2.05, 4.69) is 20.6 Å². The van der Waals surface area contributed by atoms with Gasteiger partial charge in [0, 0.05) is 30.4 Å². The van der Waals surface area contributed by atoms with Gasteiger partial charge in [-0.1, -0.05) is 0 Å². The molecule has 7 heteroatoms. The second-order valence-electron chi connectivity index (χ2n) is 5.62. The van der Waals surface area contributed by atoms with Crippen LogP contribution in [0, 0.1) is 13.8 Å². The molecule has 0 radical (unpaired) electrons. The second kappa shape index (κ2) is 8.86. The van der Waals surface area contributed by atoms with Crippen LogP contribution in [0.25, 0.3) is 0 Å². The number of nitrogens with one attached hydrogen (secondary N) is 2. The molecule has 1 aromatic heterocycles. The Labute approximate surface area is 147 Å². The van der Waals surface area contributed by atoms with Crippen LogP contribution in [0.2, 0.25) is 0 Å². The zero-order valence-electron chi connectivity index (χ0n) is 15.0. The predicted octanol–water partition coefficient (Wildman–Crippen LogP) is 2.94. The van der Waals surface area contributed by atoms with Crippen LogP contribution in [0.3, 0.4) is 0 Å². The Morgan fingerprint density at radius 1 is 1.08 bits per heavy atom. The zero-order valence-corrected chi connectivity index (χ0v) is 15.0. The highest BCUT2D eigenvalue weighted by atomic mass is 16.5. The first-order chi connectivity index (χ1) is 12.0. The molecule has 1 aromatic carbocycles. The number of hydrogen-bond donors (Lipinski definition) is 2. The SMILES string of the molecule is COc1ccc(OC)c(NC(=O)CCCNc2nc(C)cc(C)n2)c1. The fourth-order valence-electron chi connectivity index (χ4n) is 2.38. The van der Waals surface area contributed by atoms with Crippen molar-refractivity contribution in [2.24, 2.45) is 0 Å². The first-order valence-corrected chi connectivity index (χ1v) is 8.10. The van der Waals surface area contributed by atoms with E-state index in [-0.39, 0.29) is 5.91 Å². The fourth-order valence-corrected chi connectivity index (χ4v) is 2.38. The van der Waals surface area contributed by atoms with Crippen LogP contribution in [0.5, 0.6) is 11.5 Å². The molecule has 1 amide bonds. The van der Waals surface area contributed by atoms with Crippen molar-refractivity contribution < 1.29 is 14.3 Å². The van der Waals surface area contributed by atoms with Gasteiger partial charge >= 0.3 is 0 Å². The maximum atomic E-state index is 12.1. The molecule has 1 heterocycles. The maximum absolute atomic E-state index is 12.1. The molecular formula is C18H24N4O3. The number of aromatic nitrogens is 2. The van der Waals surface area contributed by atoms with Crippen LogP contribution in [0.15, 0.2) is 24.3 Å². The molecule has 0 fully saturated rings. The van der Waals surface area contributed by atoms with Crippen molar-refractivity contribution in [2.45, 2.75) is 26.7 Å². The van der Waals surface area contributed by atoms with Crippen molar-refractivity contribution in [3.63, 3.8) is 0 Å². The Morgan fingerprint density at radius 2 is 1.80 bits per heavy atom. The molecule has 0 spiro atoms. The van der Waals surface area contributed by atoms with Crippen molar-refractivity contribution in [2.75, 3.05) is 31.4 Å². The molecular weight excluding hydrogens is 320 g/mol. The summed E-state index contributed by atoms with van der Waals surface area (Å²) in [5, 5.41) is 5.99. The summed E-state index contributed by atoms with van der Waals surface area (Å²) in [7, 11) is 3.14. The first-order valence-electron chi connectivity index (χ1n) is 8.10. The Hall–Kier alpha value is -2.83. The van der Waals surface area contributed by atoms with Gasteiger partial charge in [-0.25, -0.2) is 9.97 Å². The molecule has 0 aliphatic carbocycles. The summed E-state index contributed by atoms with van der Waals surface area (Å²) in [5.41, 5.74) is 2.42. The van der Waals surface area contributed by atoms with Crippen LogP contribution >= 0.6 is 0 Å². The highest BCUT2D eigenvalue weighted by Crippen LogP contribution is 2.28. The quantitative estimate of drug-likeness (QED) is 0.716. The lowest BCUT2D eigenvalue weighted by atomic mass is 10.2. The summed E-state index contributed by atoms with van der Waals surface area (Å²) in [6.45, 7) is 4.47. The lowest BCUT2D eigenvalue weighted by Gasteiger charge is -2.12. The summed E-state index contributed by atoms with van der Waals surface area (Å²) in [4.78, 5) is 20.7. The van der Waals surface area contributed by atoms with E-state index >= 15 is 0 Å². The van der Waals surface area contributed by atoms with Crippen molar-refractivity contribution in [1.82, 2.24) is 9.97 Å². The van der Waals surface area contributed by atoms with Gasteiger partial charge < -0.3 is 20.1 Å². The standard InChI is InChI=1S/C18H24N4O3/c1-12-10-13(2)21-18(20-12)19-9-5-6-17(23)22-15-11-14(24-3)7-8-16(15)25-4/h7-8,10-11H,5-6,9H2,1-4H3,(H,22,23)(H,19,20,21). The highest BCUT2D eigenvalue weighted by Gasteiger charge is 2.09. The zero-order chi connectivity index (χ0) is 18.2. The Bertz CT molecular complexity index is 714. The molecule has 2 rings (SSSR count). The number of rotatable bonds is 8. The minimum atomic E-state index is -0.0882. The maximum Gasteiger partial charge on any atom is 0.224 e. The van der Waals surface area contributed by atoms with E-state index in [1.165, 1.54) is 0 Å². The lowest BCUT2D eigenvalue weighted by Crippen LogP contribution is -2.15. The fraction of sp³-hybridized carbons (Fsp3) is 0.389. The highest BCUT2D eigenvalue weighted by molar-refractivity contribution is 5.92. The van der Waals surface area contributed by atoms with Crippen LogP contribution in [-0.4, -0.2) is 36.6 Å². The van der Waals surface area contributed by atoms with Gasteiger partial charge in [0.25, 0.3) is 0 Å². The van der Waals surface area contributed by atoms with E-state index < -0.39 is 0 Å². The van der Waals surface area contributed by atoms with E-state index in [0.29, 0.717) is 42.5 Å². The van der Waals surface area contributed by atoms with E-state index in [9.17, 15) is 4.79 Å². The van der Waals surface area contributed by atoms with Crippen molar-refractivity contribution in [1.29, 1.82) is 0 Å². The van der Waals surface area contributed by atoms with E-state index in [4.69, 9.17) is 9.47 Å². The molecule has 0 bridgehead atoms. The number of benzene rings is 1. The van der Waals surface area contributed by atoms with Gasteiger partial charge in [-0.15, -0.1) is 0 Å². The Morgan fingerprint density at radius 3 is 2.44 bits per heavy atom. The molecule has 0 saturated carbocycles. The molecule has 0 saturated heterocycles. The number of ether oxygens (including phenoxy) is 2. The number of carbonyl (C=O) groups is 1. The van der Waals surface area contributed by atoms with Gasteiger partial charge in [0.05, 0.1) is 19.9 Å². The van der Waals surface area contributed by atoms with Crippen LogP contribution in [0.1, 0.15) is 24.2 Å². The topological polar surface area (TPSA) is 85.4 Å². The summed E-state index contributed by atoms with van der Waals surface area (Å²) in [5.74, 6) is 1.75.